The molecular weight excluding hydrogens is 234 g/mol. The molecule has 0 bridgehead atoms. The Kier molecular flexibility index (Phi) is 3.26. The van der Waals surface area contributed by atoms with Gasteiger partial charge in [-0.2, -0.15) is 0 Å². The lowest BCUT2D eigenvalue weighted by molar-refractivity contribution is 0.410. The number of benzene rings is 2. The zero-order valence-corrected chi connectivity index (χ0v) is 11.1. The molecule has 0 aliphatic heterocycles. The first-order valence-electron chi connectivity index (χ1n) is 6.81. The number of aromatic hydroxyl groups is 1. The molecule has 1 aliphatic rings. The fourth-order valence-electron chi connectivity index (χ4n) is 3.19. The third kappa shape index (κ3) is 2.36. The van der Waals surface area contributed by atoms with Gasteiger partial charge in [0.05, 0.1) is 0 Å². The summed E-state index contributed by atoms with van der Waals surface area (Å²) in [4.78, 5) is 0. The predicted octanol–water partition coefficient (Wildman–Crippen LogP) is 3.07. The van der Waals surface area contributed by atoms with Crippen LogP contribution >= 0.6 is 0 Å². The lowest BCUT2D eigenvalue weighted by Gasteiger charge is -2.20. The Hall–Kier alpha value is -1.80. The molecule has 0 amide bonds. The van der Waals surface area contributed by atoms with Crippen LogP contribution in [0.1, 0.15) is 22.7 Å². The van der Waals surface area contributed by atoms with Gasteiger partial charge in [-0.3, -0.25) is 0 Å². The maximum Gasteiger partial charge on any atom is 0.115 e. The van der Waals surface area contributed by atoms with Gasteiger partial charge in [0.1, 0.15) is 5.75 Å². The predicted molar refractivity (Wildman–Crippen MR) is 77.2 cm³/mol. The summed E-state index contributed by atoms with van der Waals surface area (Å²) in [5.74, 6) is 0.926. The molecule has 2 unspecified atom stereocenters. The van der Waals surface area contributed by atoms with Crippen LogP contribution < -0.4 is 5.32 Å². The van der Waals surface area contributed by atoms with E-state index < -0.39 is 0 Å². The highest BCUT2D eigenvalue weighted by Crippen LogP contribution is 2.37. The minimum atomic E-state index is 0.337. The van der Waals surface area contributed by atoms with Gasteiger partial charge < -0.3 is 10.4 Å². The third-order valence-corrected chi connectivity index (χ3v) is 4.09. The molecule has 3 rings (SSSR count). The highest BCUT2D eigenvalue weighted by atomic mass is 16.3. The molecule has 2 aromatic carbocycles. The first kappa shape index (κ1) is 12.2. The maximum atomic E-state index is 9.35. The molecule has 2 aromatic rings. The van der Waals surface area contributed by atoms with Crippen LogP contribution in [0.3, 0.4) is 0 Å². The number of phenols is 1. The minimum Gasteiger partial charge on any atom is -0.508 e. The number of rotatable bonds is 3. The monoisotopic (exact) mass is 253 g/mol. The lowest BCUT2D eigenvalue weighted by Crippen LogP contribution is -2.23. The van der Waals surface area contributed by atoms with Crippen LogP contribution in [0, 0.1) is 5.92 Å². The van der Waals surface area contributed by atoms with E-state index in [-0.39, 0.29) is 0 Å². The van der Waals surface area contributed by atoms with Gasteiger partial charge >= 0.3 is 0 Å². The maximum absolute atomic E-state index is 9.35. The van der Waals surface area contributed by atoms with Crippen LogP contribution in [-0.2, 0) is 12.8 Å². The van der Waals surface area contributed by atoms with Gasteiger partial charge in [-0.1, -0.05) is 36.4 Å². The molecule has 2 N–H and O–H groups in total. The number of hydrogen-bond donors (Lipinski definition) is 2. The van der Waals surface area contributed by atoms with Gasteiger partial charge in [0.2, 0.25) is 0 Å². The molecule has 2 heteroatoms. The van der Waals surface area contributed by atoms with E-state index in [0.717, 1.165) is 12.8 Å². The molecule has 0 saturated carbocycles. The summed E-state index contributed by atoms with van der Waals surface area (Å²) in [6.07, 6.45) is 2.17. The van der Waals surface area contributed by atoms with Crippen molar-refractivity contribution in [3.63, 3.8) is 0 Å². The van der Waals surface area contributed by atoms with E-state index in [1.807, 2.05) is 19.2 Å². The second-order valence-corrected chi connectivity index (χ2v) is 5.30. The quantitative estimate of drug-likeness (QED) is 0.881. The minimum absolute atomic E-state index is 0.337. The van der Waals surface area contributed by atoms with Gasteiger partial charge in [0, 0.05) is 6.04 Å². The normalized spacial score (nSPS) is 21.3. The van der Waals surface area contributed by atoms with Gasteiger partial charge in [0.25, 0.3) is 0 Å². The topological polar surface area (TPSA) is 32.3 Å². The van der Waals surface area contributed by atoms with E-state index in [2.05, 4.69) is 29.6 Å². The second-order valence-electron chi connectivity index (χ2n) is 5.30. The molecule has 0 spiro atoms. The average molecular weight is 253 g/mol. The Morgan fingerprint density at radius 1 is 1.11 bits per heavy atom. The number of fused-ring (bicyclic) bond motifs is 1. The zero-order chi connectivity index (χ0) is 13.2. The van der Waals surface area contributed by atoms with Crippen molar-refractivity contribution in [1.29, 1.82) is 0 Å². The Morgan fingerprint density at radius 3 is 2.58 bits per heavy atom. The molecule has 0 radical (unpaired) electrons. The molecule has 0 fully saturated rings. The van der Waals surface area contributed by atoms with Crippen LogP contribution in [0.25, 0.3) is 0 Å². The molecule has 0 saturated heterocycles. The smallest absolute Gasteiger partial charge is 0.115 e. The van der Waals surface area contributed by atoms with Gasteiger partial charge in [-0.05, 0) is 54.6 Å². The Morgan fingerprint density at radius 2 is 1.84 bits per heavy atom. The van der Waals surface area contributed by atoms with E-state index in [9.17, 15) is 5.11 Å². The van der Waals surface area contributed by atoms with Gasteiger partial charge in [0.15, 0.2) is 0 Å². The first-order valence-corrected chi connectivity index (χ1v) is 6.81. The fraction of sp³-hybridized carbons (Fsp3) is 0.294. The molecule has 0 heterocycles. The van der Waals surface area contributed by atoms with Crippen molar-refractivity contribution in [3.8, 4) is 5.75 Å². The summed E-state index contributed by atoms with van der Waals surface area (Å²) < 4.78 is 0. The molecule has 1 aliphatic carbocycles. The van der Waals surface area contributed by atoms with E-state index in [0.29, 0.717) is 17.7 Å². The van der Waals surface area contributed by atoms with E-state index in [1.54, 1.807) is 12.1 Å². The van der Waals surface area contributed by atoms with Gasteiger partial charge in [-0.15, -0.1) is 0 Å². The Bertz CT molecular complexity index is 562. The van der Waals surface area contributed by atoms with Crippen LogP contribution in [0.5, 0.6) is 5.75 Å². The number of hydrogen-bond acceptors (Lipinski definition) is 2. The number of nitrogens with one attached hydrogen (secondary N) is 1. The molecule has 2 nitrogen and oxygen atoms in total. The van der Waals surface area contributed by atoms with E-state index in [1.165, 1.54) is 16.7 Å². The lowest BCUT2D eigenvalue weighted by atomic mass is 9.93. The van der Waals surface area contributed by atoms with E-state index in [4.69, 9.17) is 0 Å². The highest BCUT2D eigenvalue weighted by Gasteiger charge is 2.30. The SMILES string of the molecule is CNC1c2ccccc2CC1Cc1ccc(O)cc1. The summed E-state index contributed by atoms with van der Waals surface area (Å²) in [5.41, 5.74) is 4.19. The zero-order valence-electron chi connectivity index (χ0n) is 11.1. The molecular formula is C17H19NO. The van der Waals surface area contributed by atoms with Crippen molar-refractivity contribution in [2.24, 2.45) is 5.92 Å². The summed E-state index contributed by atoms with van der Waals surface area (Å²) in [6.45, 7) is 0. The standard InChI is InChI=1S/C17H19NO/c1-18-17-14(10-12-6-8-15(19)9-7-12)11-13-4-2-3-5-16(13)17/h2-9,14,17-19H,10-11H2,1H3. The van der Waals surface area contributed by atoms with Crippen molar-refractivity contribution >= 4 is 0 Å². The van der Waals surface area contributed by atoms with Crippen LogP contribution in [0.15, 0.2) is 48.5 Å². The highest BCUT2D eigenvalue weighted by molar-refractivity contribution is 5.37. The summed E-state index contributed by atoms with van der Waals surface area (Å²) >= 11 is 0. The van der Waals surface area contributed by atoms with Crippen LogP contribution in [0.2, 0.25) is 0 Å². The van der Waals surface area contributed by atoms with E-state index >= 15 is 0 Å². The molecule has 0 aromatic heterocycles. The van der Waals surface area contributed by atoms with Crippen molar-refractivity contribution in [3.05, 3.63) is 65.2 Å². The Balaban J connectivity index is 1.81. The largest absolute Gasteiger partial charge is 0.508 e. The van der Waals surface area contributed by atoms with Crippen molar-refractivity contribution in [2.75, 3.05) is 7.05 Å². The van der Waals surface area contributed by atoms with Gasteiger partial charge in [-0.25, -0.2) is 0 Å². The average Bonchev–Trinajstić information content (AvgIpc) is 2.78. The number of phenolic OH excluding ortho intramolecular Hbond substituents is 1. The molecule has 19 heavy (non-hydrogen) atoms. The van der Waals surface area contributed by atoms with Crippen molar-refractivity contribution in [2.45, 2.75) is 18.9 Å². The third-order valence-electron chi connectivity index (χ3n) is 4.09. The summed E-state index contributed by atoms with van der Waals surface area (Å²) in [7, 11) is 2.04. The summed E-state index contributed by atoms with van der Waals surface area (Å²) in [6, 6.07) is 16.7. The fourth-order valence-corrected chi connectivity index (χ4v) is 3.19. The molecule has 98 valence electrons. The van der Waals surface area contributed by atoms with Crippen LogP contribution in [0.4, 0.5) is 0 Å². The Labute approximate surface area is 114 Å². The van der Waals surface area contributed by atoms with Crippen LogP contribution in [-0.4, -0.2) is 12.2 Å². The molecule has 2 atom stereocenters. The summed E-state index contributed by atoms with van der Waals surface area (Å²) in [5, 5.41) is 12.8. The second kappa shape index (κ2) is 5.06. The first-order chi connectivity index (χ1) is 9.28. The van der Waals surface area contributed by atoms with Crippen molar-refractivity contribution in [1.82, 2.24) is 5.32 Å². The van der Waals surface area contributed by atoms with Crippen molar-refractivity contribution < 1.29 is 5.11 Å².